The first-order valence-corrected chi connectivity index (χ1v) is 4.56. The third-order valence-corrected chi connectivity index (χ3v) is 1.57. The molecule has 1 aromatic heterocycles. The molecular formula is C9H14F2N2O2. The van der Waals surface area contributed by atoms with E-state index in [9.17, 15) is 8.78 Å². The van der Waals surface area contributed by atoms with Crippen LogP contribution in [0.1, 0.15) is 18.4 Å². The van der Waals surface area contributed by atoms with Crippen LogP contribution in [0.15, 0.2) is 10.6 Å². The van der Waals surface area contributed by atoms with E-state index in [1.54, 1.807) is 13.0 Å². The molecule has 0 aliphatic rings. The third-order valence-electron chi connectivity index (χ3n) is 1.57. The van der Waals surface area contributed by atoms with Crippen LogP contribution in [-0.4, -0.2) is 24.4 Å². The SMILES string of the molecule is Cc1cc(COCNCC(C)(F)F)no1. The first-order valence-electron chi connectivity index (χ1n) is 4.56. The Morgan fingerprint density at radius 2 is 2.33 bits per heavy atom. The lowest BCUT2D eigenvalue weighted by atomic mass is 10.4. The molecule has 0 saturated heterocycles. The maximum atomic E-state index is 12.3. The van der Waals surface area contributed by atoms with Crippen LogP contribution in [-0.2, 0) is 11.3 Å². The van der Waals surface area contributed by atoms with Crippen LogP contribution in [0.3, 0.4) is 0 Å². The minimum atomic E-state index is -2.71. The highest BCUT2D eigenvalue weighted by Gasteiger charge is 2.19. The Balaban J connectivity index is 2.07. The molecule has 0 aliphatic carbocycles. The Bertz CT molecular complexity index is 297. The minimum absolute atomic E-state index is 0.0648. The molecule has 86 valence electrons. The smallest absolute Gasteiger partial charge is 0.257 e. The predicted octanol–water partition coefficient (Wildman–Crippen LogP) is 1.70. The van der Waals surface area contributed by atoms with E-state index in [0.717, 1.165) is 6.92 Å². The number of nitrogens with zero attached hydrogens (tertiary/aromatic N) is 1. The van der Waals surface area contributed by atoms with E-state index in [2.05, 4.69) is 10.5 Å². The van der Waals surface area contributed by atoms with Gasteiger partial charge in [0.05, 0.1) is 19.9 Å². The van der Waals surface area contributed by atoms with E-state index in [1.807, 2.05) is 0 Å². The molecule has 0 spiro atoms. The molecule has 1 heterocycles. The summed E-state index contributed by atoms with van der Waals surface area (Å²) < 4.78 is 34.5. The fourth-order valence-corrected chi connectivity index (χ4v) is 0.984. The molecule has 6 heteroatoms. The number of alkyl halides is 2. The molecule has 0 aliphatic heterocycles. The zero-order valence-corrected chi connectivity index (χ0v) is 8.72. The van der Waals surface area contributed by atoms with Crippen molar-refractivity contribution in [1.29, 1.82) is 0 Å². The van der Waals surface area contributed by atoms with Crippen molar-refractivity contribution in [1.82, 2.24) is 10.5 Å². The Hall–Kier alpha value is -1.01. The van der Waals surface area contributed by atoms with Gasteiger partial charge in [-0.1, -0.05) is 5.16 Å². The van der Waals surface area contributed by atoms with Crippen molar-refractivity contribution < 1.29 is 18.0 Å². The molecule has 1 N–H and O–H groups in total. The van der Waals surface area contributed by atoms with Gasteiger partial charge in [-0.25, -0.2) is 8.78 Å². The molecule has 0 atom stereocenters. The summed E-state index contributed by atoms with van der Waals surface area (Å²) >= 11 is 0. The summed E-state index contributed by atoms with van der Waals surface area (Å²) in [6.45, 7) is 2.53. The average Bonchev–Trinajstić information content (AvgIpc) is 2.49. The van der Waals surface area contributed by atoms with Crippen LogP contribution < -0.4 is 5.32 Å². The van der Waals surface area contributed by atoms with Crippen LogP contribution in [0.25, 0.3) is 0 Å². The van der Waals surface area contributed by atoms with Gasteiger partial charge in [0.1, 0.15) is 11.5 Å². The number of aromatic nitrogens is 1. The number of hydrogen-bond acceptors (Lipinski definition) is 4. The predicted molar refractivity (Wildman–Crippen MR) is 49.5 cm³/mol. The summed E-state index contributed by atoms with van der Waals surface area (Å²) in [6, 6.07) is 1.73. The van der Waals surface area contributed by atoms with Gasteiger partial charge in [-0.3, -0.25) is 5.32 Å². The van der Waals surface area contributed by atoms with Crippen molar-refractivity contribution in [2.45, 2.75) is 26.4 Å². The fraction of sp³-hybridized carbons (Fsp3) is 0.667. The molecule has 1 aromatic rings. The van der Waals surface area contributed by atoms with Gasteiger partial charge < -0.3 is 9.26 Å². The van der Waals surface area contributed by atoms with Crippen molar-refractivity contribution in [2.24, 2.45) is 0 Å². The molecule has 0 radical (unpaired) electrons. The van der Waals surface area contributed by atoms with E-state index >= 15 is 0 Å². The van der Waals surface area contributed by atoms with Gasteiger partial charge in [-0.05, 0) is 6.92 Å². The van der Waals surface area contributed by atoms with Crippen LogP contribution in [0.4, 0.5) is 8.78 Å². The number of halogens is 2. The number of hydrogen-bond donors (Lipinski definition) is 1. The number of aryl methyl sites for hydroxylation is 1. The third kappa shape index (κ3) is 5.44. The van der Waals surface area contributed by atoms with Crippen molar-refractivity contribution in [3.8, 4) is 0 Å². The Morgan fingerprint density at radius 1 is 1.60 bits per heavy atom. The molecule has 1 rings (SSSR count). The lowest BCUT2D eigenvalue weighted by molar-refractivity contribution is 0.00689. The van der Waals surface area contributed by atoms with E-state index in [4.69, 9.17) is 9.26 Å². The van der Waals surface area contributed by atoms with E-state index in [1.165, 1.54) is 0 Å². The van der Waals surface area contributed by atoms with Crippen LogP contribution >= 0.6 is 0 Å². The summed E-state index contributed by atoms with van der Waals surface area (Å²) in [5.41, 5.74) is 0.651. The topological polar surface area (TPSA) is 47.3 Å². The highest BCUT2D eigenvalue weighted by Crippen LogP contribution is 2.08. The normalized spacial score (nSPS) is 12.0. The molecule has 0 saturated carbocycles. The molecule has 15 heavy (non-hydrogen) atoms. The standard InChI is InChI=1S/C9H14F2N2O2/c1-7-3-8(13-15-7)4-14-6-12-5-9(2,10)11/h3,12H,4-6H2,1-2H3. The lowest BCUT2D eigenvalue weighted by Crippen LogP contribution is -2.31. The second-order valence-corrected chi connectivity index (χ2v) is 3.42. The lowest BCUT2D eigenvalue weighted by Gasteiger charge is -2.10. The van der Waals surface area contributed by atoms with Gasteiger partial charge in [-0.2, -0.15) is 0 Å². The second-order valence-electron chi connectivity index (χ2n) is 3.42. The zero-order chi connectivity index (χ0) is 11.3. The molecule has 0 fully saturated rings. The number of nitrogens with one attached hydrogen (secondary N) is 1. The second kappa shape index (κ2) is 5.18. The van der Waals surface area contributed by atoms with Gasteiger partial charge in [0.15, 0.2) is 0 Å². The Labute approximate surface area is 86.6 Å². The molecule has 0 bridgehead atoms. The van der Waals surface area contributed by atoms with E-state index < -0.39 is 12.5 Å². The van der Waals surface area contributed by atoms with Crippen LogP contribution in [0, 0.1) is 6.92 Å². The van der Waals surface area contributed by atoms with Gasteiger partial charge in [0.2, 0.25) is 0 Å². The first-order chi connectivity index (χ1) is 6.97. The van der Waals surface area contributed by atoms with Gasteiger partial charge in [-0.15, -0.1) is 0 Å². The van der Waals surface area contributed by atoms with Crippen molar-refractivity contribution in [2.75, 3.05) is 13.3 Å². The van der Waals surface area contributed by atoms with Gasteiger partial charge in [0.25, 0.3) is 5.92 Å². The monoisotopic (exact) mass is 220 g/mol. The summed E-state index contributed by atoms with van der Waals surface area (Å²) in [7, 11) is 0. The maximum absolute atomic E-state index is 12.3. The molecule has 0 unspecified atom stereocenters. The largest absolute Gasteiger partial charge is 0.361 e. The molecule has 4 nitrogen and oxygen atoms in total. The summed E-state index contributed by atoms with van der Waals surface area (Å²) in [6.07, 6.45) is 0. The van der Waals surface area contributed by atoms with Crippen molar-refractivity contribution in [3.63, 3.8) is 0 Å². The van der Waals surface area contributed by atoms with Gasteiger partial charge >= 0.3 is 0 Å². The average molecular weight is 220 g/mol. The zero-order valence-electron chi connectivity index (χ0n) is 8.72. The molecule has 0 amide bonds. The molecule has 0 aromatic carbocycles. The van der Waals surface area contributed by atoms with Crippen molar-refractivity contribution in [3.05, 3.63) is 17.5 Å². The summed E-state index contributed by atoms with van der Waals surface area (Å²) in [5.74, 6) is -2.02. The highest BCUT2D eigenvalue weighted by atomic mass is 19.3. The quantitative estimate of drug-likeness (QED) is 0.585. The Kier molecular flexibility index (Phi) is 4.16. The highest BCUT2D eigenvalue weighted by molar-refractivity contribution is 5.01. The van der Waals surface area contributed by atoms with E-state index in [0.29, 0.717) is 11.5 Å². The number of rotatable bonds is 6. The minimum Gasteiger partial charge on any atom is -0.361 e. The summed E-state index contributed by atoms with van der Waals surface area (Å²) in [4.78, 5) is 0. The Morgan fingerprint density at radius 3 is 2.87 bits per heavy atom. The van der Waals surface area contributed by atoms with Crippen molar-refractivity contribution >= 4 is 0 Å². The van der Waals surface area contributed by atoms with E-state index in [-0.39, 0.29) is 13.3 Å². The maximum Gasteiger partial charge on any atom is 0.257 e. The van der Waals surface area contributed by atoms with Crippen LogP contribution in [0.5, 0.6) is 0 Å². The molecular weight excluding hydrogens is 206 g/mol. The fourth-order valence-electron chi connectivity index (χ4n) is 0.984. The van der Waals surface area contributed by atoms with Gasteiger partial charge in [0, 0.05) is 13.0 Å². The first kappa shape index (κ1) is 12.1. The van der Waals surface area contributed by atoms with Crippen LogP contribution in [0.2, 0.25) is 0 Å². The summed E-state index contributed by atoms with van der Waals surface area (Å²) in [5, 5.41) is 6.16. The number of ether oxygens (including phenoxy) is 1.